The van der Waals surface area contributed by atoms with E-state index >= 15 is 0 Å². The van der Waals surface area contributed by atoms with Crippen molar-refractivity contribution < 1.29 is 19.4 Å². The fraction of sp³-hybridized carbons (Fsp3) is 0.875. The van der Waals surface area contributed by atoms with Gasteiger partial charge in [-0.3, -0.25) is 4.79 Å². The van der Waals surface area contributed by atoms with E-state index in [1.54, 1.807) is 6.92 Å². The molecule has 0 saturated carbocycles. The minimum Gasteiger partial charge on any atom is -0.457 e. The first kappa shape index (κ1) is 9.48. The smallest absolute Gasteiger partial charge is 0.303 e. The Balaban J connectivity index is 2.50. The number of carbonyl (C=O) groups is 1. The summed E-state index contributed by atoms with van der Waals surface area (Å²) >= 11 is 0. The maximum atomic E-state index is 10.6. The van der Waals surface area contributed by atoms with Crippen LogP contribution in [0, 0.1) is 0 Å². The van der Waals surface area contributed by atoms with Crippen molar-refractivity contribution in [2.45, 2.75) is 38.6 Å². The Morgan fingerprint density at radius 3 is 2.83 bits per heavy atom. The van der Waals surface area contributed by atoms with Gasteiger partial charge in [0.2, 0.25) is 0 Å². The highest BCUT2D eigenvalue weighted by Crippen LogP contribution is 2.17. The van der Waals surface area contributed by atoms with Crippen molar-refractivity contribution in [3.05, 3.63) is 0 Å². The van der Waals surface area contributed by atoms with E-state index in [1.165, 1.54) is 6.92 Å². The zero-order valence-corrected chi connectivity index (χ0v) is 7.32. The van der Waals surface area contributed by atoms with E-state index in [0.717, 1.165) is 0 Å². The Morgan fingerprint density at radius 2 is 2.33 bits per heavy atom. The van der Waals surface area contributed by atoms with Crippen molar-refractivity contribution in [3.8, 4) is 0 Å². The summed E-state index contributed by atoms with van der Waals surface area (Å²) in [5.74, 6) is -0.378. The Hall–Kier alpha value is -0.610. The number of aliphatic hydroxyl groups excluding tert-OH is 1. The first-order valence-corrected chi connectivity index (χ1v) is 4.08. The van der Waals surface area contributed by atoms with Crippen LogP contribution in [0.5, 0.6) is 0 Å². The second kappa shape index (κ2) is 3.87. The summed E-state index contributed by atoms with van der Waals surface area (Å²) in [7, 11) is 0. The molecule has 1 aliphatic rings. The second-order valence-corrected chi connectivity index (χ2v) is 3.01. The summed E-state index contributed by atoms with van der Waals surface area (Å²) < 4.78 is 10.1. The Labute approximate surface area is 71.5 Å². The van der Waals surface area contributed by atoms with Crippen molar-refractivity contribution in [2.24, 2.45) is 0 Å². The molecule has 1 heterocycles. The topological polar surface area (TPSA) is 55.8 Å². The highest BCUT2D eigenvalue weighted by molar-refractivity contribution is 5.66. The van der Waals surface area contributed by atoms with Crippen molar-refractivity contribution >= 4 is 5.97 Å². The molecule has 0 radical (unpaired) electrons. The van der Waals surface area contributed by atoms with Gasteiger partial charge in [-0.15, -0.1) is 0 Å². The Kier molecular flexibility index (Phi) is 3.05. The molecule has 0 aromatic rings. The van der Waals surface area contributed by atoms with E-state index in [-0.39, 0.29) is 12.1 Å². The third kappa shape index (κ3) is 2.19. The van der Waals surface area contributed by atoms with Gasteiger partial charge in [-0.1, -0.05) is 0 Å². The van der Waals surface area contributed by atoms with Crippen LogP contribution in [-0.2, 0) is 14.3 Å². The molecule has 1 N–H and O–H groups in total. The highest BCUT2D eigenvalue weighted by atomic mass is 16.6. The highest BCUT2D eigenvalue weighted by Gasteiger charge is 2.32. The lowest BCUT2D eigenvalue weighted by molar-refractivity contribution is -0.177. The molecule has 1 rings (SSSR count). The largest absolute Gasteiger partial charge is 0.457 e. The van der Waals surface area contributed by atoms with Gasteiger partial charge in [-0.2, -0.15) is 0 Å². The minimum absolute atomic E-state index is 0.211. The van der Waals surface area contributed by atoms with Crippen LogP contribution in [0.25, 0.3) is 0 Å². The minimum atomic E-state index is -0.586. The third-order valence-corrected chi connectivity index (χ3v) is 1.94. The SMILES string of the molecule is CC(=O)O[C@H]1[C@H](C)OCC[C@@H]1O. The average molecular weight is 174 g/mol. The van der Waals surface area contributed by atoms with Crippen LogP contribution < -0.4 is 0 Å². The molecule has 12 heavy (non-hydrogen) atoms. The van der Waals surface area contributed by atoms with E-state index < -0.39 is 12.2 Å². The molecule has 4 heteroatoms. The molecular formula is C8H14O4. The monoisotopic (exact) mass is 174 g/mol. The van der Waals surface area contributed by atoms with Gasteiger partial charge in [0.1, 0.15) is 0 Å². The van der Waals surface area contributed by atoms with Crippen molar-refractivity contribution in [3.63, 3.8) is 0 Å². The van der Waals surface area contributed by atoms with Crippen LogP contribution in [0.1, 0.15) is 20.3 Å². The first-order valence-electron chi connectivity index (χ1n) is 4.08. The Bertz CT molecular complexity index is 158. The number of ether oxygens (including phenoxy) is 2. The van der Waals surface area contributed by atoms with Gasteiger partial charge in [-0.05, 0) is 6.92 Å². The summed E-state index contributed by atoms with van der Waals surface area (Å²) in [6, 6.07) is 0. The van der Waals surface area contributed by atoms with Crippen molar-refractivity contribution in [1.82, 2.24) is 0 Å². The van der Waals surface area contributed by atoms with Gasteiger partial charge >= 0.3 is 5.97 Å². The molecule has 0 unspecified atom stereocenters. The van der Waals surface area contributed by atoms with Crippen LogP contribution in [0.2, 0.25) is 0 Å². The summed E-state index contributed by atoms with van der Waals surface area (Å²) in [6.07, 6.45) is -0.769. The van der Waals surface area contributed by atoms with E-state index in [9.17, 15) is 9.90 Å². The predicted molar refractivity (Wildman–Crippen MR) is 41.6 cm³/mol. The molecule has 1 aliphatic heterocycles. The number of aliphatic hydroxyl groups is 1. The summed E-state index contributed by atoms with van der Waals surface area (Å²) in [6.45, 7) is 3.64. The van der Waals surface area contributed by atoms with E-state index in [1.807, 2.05) is 0 Å². The molecule has 0 amide bonds. The second-order valence-electron chi connectivity index (χ2n) is 3.01. The number of esters is 1. The van der Waals surface area contributed by atoms with Crippen LogP contribution in [0.4, 0.5) is 0 Å². The standard InChI is InChI=1S/C8H14O4/c1-5-8(12-6(2)9)7(10)3-4-11-5/h5,7-8,10H,3-4H2,1-2H3/t5-,7-,8-/m0/s1. The van der Waals surface area contributed by atoms with Gasteiger partial charge in [0.15, 0.2) is 6.10 Å². The fourth-order valence-electron chi connectivity index (χ4n) is 1.31. The quantitative estimate of drug-likeness (QED) is 0.572. The van der Waals surface area contributed by atoms with Crippen LogP contribution >= 0.6 is 0 Å². The molecule has 0 aliphatic carbocycles. The number of carbonyl (C=O) groups excluding carboxylic acids is 1. The van der Waals surface area contributed by atoms with Crippen molar-refractivity contribution in [2.75, 3.05) is 6.61 Å². The molecule has 3 atom stereocenters. The first-order chi connectivity index (χ1) is 5.61. The molecule has 0 aromatic heterocycles. The third-order valence-electron chi connectivity index (χ3n) is 1.94. The zero-order valence-electron chi connectivity index (χ0n) is 7.32. The van der Waals surface area contributed by atoms with Crippen molar-refractivity contribution in [1.29, 1.82) is 0 Å². The molecule has 70 valence electrons. The summed E-state index contributed by atoms with van der Waals surface area (Å²) in [5.41, 5.74) is 0. The van der Waals surface area contributed by atoms with Gasteiger partial charge in [-0.25, -0.2) is 0 Å². The van der Waals surface area contributed by atoms with E-state index in [2.05, 4.69) is 0 Å². The fourth-order valence-corrected chi connectivity index (χ4v) is 1.31. The van der Waals surface area contributed by atoms with Gasteiger partial charge in [0, 0.05) is 20.0 Å². The normalized spacial score (nSPS) is 36.1. The maximum Gasteiger partial charge on any atom is 0.303 e. The average Bonchev–Trinajstić information content (AvgIpc) is 1.97. The van der Waals surface area contributed by atoms with Gasteiger partial charge < -0.3 is 14.6 Å². The lowest BCUT2D eigenvalue weighted by Gasteiger charge is -2.32. The Morgan fingerprint density at radius 1 is 1.67 bits per heavy atom. The van der Waals surface area contributed by atoms with Gasteiger partial charge in [0.05, 0.1) is 12.2 Å². The summed E-state index contributed by atoms with van der Waals surface area (Å²) in [5, 5.41) is 9.43. The molecule has 1 fully saturated rings. The lowest BCUT2D eigenvalue weighted by atomic mass is 10.0. The maximum absolute atomic E-state index is 10.6. The lowest BCUT2D eigenvalue weighted by Crippen LogP contribution is -2.45. The molecular weight excluding hydrogens is 160 g/mol. The summed E-state index contributed by atoms with van der Waals surface area (Å²) in [4.78, 5) is 10.6. The van der Waals surface area contributed by atoms with Gasteiger partial charge in [0.25, 0.3) is 0 Å². The van der Waals surface area contributed by atoms with Crippen LogP contribution in [0.3, 0.4) is 0 Å². The number of hydrogen-bond donors (Lipinski definition) is 1. The molecule has 4 nitrogen and oxygen atoms in total. The zero-order chi connectivity index (χ0) is 9.14. The van der Waals surface area contributed by atoms with Crippen LogP contribution in [-0.4, -0.2) is 36.0 Å². The van der Waals surface area contributed by atoms with Crippen LogP contribution in [0.15, 0.2) is 0 Å². The molecule has 0 spiro atoms. The number of rotatable bonds is 1. The number of hydrogen-bond acceptors (Lipinski definition) is 4. The van der Waals surface area contributed by atoms with E-state index in [4.69, 9.17) is 9.47 Å². The predicted octanol–water partition coefficient (Wildman–Crippen LogP) is 0.0878. The molecule has 0 aromatic carbocycles. The molecule has 0 bridgehead atoms. The van der Waals surface area contributed by atoms with E-state index in [0.29, 0.717) is 13.0 Å². The molecule has 1 saturated heterocycles.